The van der Waals surface area contributed by atoms with Crippen LogP contribution in [0, 0.1) is 5.92 Å². The number of benzene rings is 2. The number of hydrogen-bond donors (Lipinski definition) is 0. The largest absolute Gasteiger partial charge is 0.338 e. The van der Waals surface area contributed by atoms with Crippen molar-refractivity contribution >= 4 is 39.6 Å². The summed E-state index contributed by atoms with van der Waals surface area (Å²) in [4.78, 5) is 39.7. The van der Waals surface area contributed by atoms with E-state index in [4.69, 9.17) is 0 Å². The molecular weight excluding hydrogens is 370 g/mol. The van der Waals surface area contributed by atoms with Gasteiger partial charge in [-0.1, -0.05) is 36.4 Å². The molecule has 1 aliphatic heterocycles. The van der Waals surface area contributed by atoms with Crippen LogP contribution < -0.4 is 0 Å². The van der Waals surface area contributed by atoms with Crippen molar-refractivity contribution in [2.45, 2.75) is 19.8 Å². The fraction of sp³-hybridized carbons (Fsp3) is 0.261. The van der Waals surface area contributed by atoms with Crippen LogP contribution in [0.15, 0.2) is 53.9 Å². The van der Waals surface area contributed by atoms with Crippen LogP contribution in [0.4, 0.5) is 0 Å². The Labute approximate surface area is 167 Å². The Morgan fingerprint density at radius 1 is 1.00 bits per heavy atom. The van der Waals surface area contributed by atoms with E-state index in [1.165, 1.54) is 18.3 Å². The molecule has 0 N–H and O–H groups in total. The number of piperidine rings is 1. The van der Waals surface area contributed by atoms with Gasteiger partial charge in [-0.15, -0.1) is 11.3 Å². The molecule has 4 rings (SSSR count). The summed E-state index contributed by atoms with van der Waals surface area (Å²) in [5.41, 5.74) is 1.24. The second kappa shape index (κ2) is 7.68. The minimum atomic E-state index is -0.190. The van der Waals surface area contributed by atoms with E-state index < -0.39 is 0 Å². The highest BCUT2D eigenvalue weighted by Crippen LogP contribution is 2.25. The molecule has 2 aromatic carbocycles. The van der Waals surface area contributed by atoms with Gasteiger partial charge in [0.1, 0.15) is 0 Å². The first-order valence-electron chi connectivity index (χ1n) is 9.44. The Morgan fingerprint density at radius 2 is 1.79 bits per heavy atom. The third kappa shape index (κ3) is 3.62. The van der Waals surface area contributed by atoms with E-state index in [1.54, 1.807) is 16.3 Å². The number of Topliss-reactive ketones (excluding diaryl/α,β-unsaturated/α-hetero) is 2. The van der Waals surface area contributed by atoms with E-state index in [1.807, 2.05) is 42.5 Å². The van der Waals surface area contributed by atoms with Crippen LogP contribution in [0.3, 0.4) is 0 Å². The number of rotatable bonds is 4. The summed E-state index contributed by atoms with van der Waals surface area (Å²) in [5.74, 6) is -0.227. The van der Waals surface area contributed by atoms with Crippen LogP contribution in [0.5, 0.6) is 0 Å². The normalized spacial score (nSPS) is 16.9. The van der Waals surface area contributed by atoms with Crippen LogP contribution in [0.25, 0.3) is 10.8 Å². The zero-order chi connectivity index (χ0) is 19.7. The lowest BCUT2D eigenvalue weighted by Crippen LogP contribution is -2.42. The number of ketones is 2. The van der Waals surface area contributed by atoms with E-state index in [9.17, 15) is 14.4 Å². The van der Waals surface area contributed by atoms with Crippen molar-refractivity contribution in [1.29, 1.82) is 0 Å². The van der Waals surface area contributed by atoms with Crippen LogP contribution in [0.2, 0.25) is 0 Å². The van der Waals surface area contributed by atoms with Crippen molar-refractivity contribution in [2.75, 3.05) is 13.1 Å². The molecule has 1 aliphatic rings. The van der Waals surface area contributed by atoms with Gasteiger partial charge in [-0.25, -0.2) is 0 Å². The molecule has 4 nitrogen and oxygen atoms in total. The van der Waals surface area contributed by atoms with Gasteiger partial charge in [0.05, 0.1) is 10.4 Å². The lowest BCUT2D eigenvalue weighted by molar-refractivity contribution is 0.0637. The maximum atomic E-state index is 13.1. The number of carbonyl (C=O) groups is 3. The highest BCUT2D eigenvalue weighted by Gasteiger charge is 2.30. The van der Waals surface area contributed by atoms with E-state index in [0.717, 1.165) is 23.6 Å². The minimum Gasteiger partial charge on any atom is -0.338 e. The molecule has 1 fully saturated rings. The summed E-state index contributed by atoms with van der Waals surface area (Å²) in [7, 11) is 0. The predicted molar refractivity (Wildman–Crippen MR) is 111 cm³/mol. The smallest absolute Gasteiger partial charge is 0.254 e. The number of thiophene rings is 1. The topological polar surface area (TPSA) is 54.5 Å². The molecule has 0 spiro atoms. The van der Waals surface area contributed by atoms with E-state index in [2.05, 4.69) is 0 Å². The minimum absolute atomic E-state index is 0.0351. The van der Waals surface area contributed by atoms with Crippen molar-refractivity contribution in [3.63, 3.8) is 0 Å². The van der Waals surface area contributed by atoms with Crippen molar-refractivity contribution in [1.82, 2.24) is 4.90 Å². The highest BCUT2D eigenvalue weighted by molar-refractivity contribution is 7.12. The first-order chi connectivity index (χ1) is 13.5. The molecule has 0 bridgehead atoms. The van der Waals surface area contributed by atoms with Gasteiger partial charge in [0.15, 0.2) is 11.6 Å². The molecule has 0 radical (unpaired) electrons. The second-order valence-electron chi connectivity index (χ2n) is 7.27. The van der Waals surface area contributed by atoms with Gasteiger partial charge in [-0.2, -0.15) is 0 Å². The Bertz CT molecular complexity index is 1070. The number of carbonyl (C=O) groups excluding carboxylic acids is 3. The van der Waals surface area contributed by atoms with Gasteiger partial charge in [-0.3, -0.25) is 14.4 Å². The summed E-state index contributed by atoms with van der Waals surface area (Å²) < 4.78 is 0. The molecule has 28 heavy (non-hydrogen) atoms. The van der Waals surface area contributed by atoms with Crippen molar-refractivity contribution in [3.8, 4) is 0 Å². The third-order valence-corrected chi connectivity index (χ3v) is 6.34. The molecule has 1 amide bonds. The molecule has 1 unspecified atom stereocenters. The van der Waals surface area contributed by atoms with Crippen LogP contribution in [0.1, 0.15) is 50.2 Å². The first kappa shape index (κ1) is 18.6. The number of nitrogens with zero attached hydrogens (tertiary/aromatic N) is 1. The fourth-order valence-corrected chi connectivity index (χ4v) is 4.55. The molecule has 0 saturated carbocycles. The monoisotopic (exact) mass is 391 g/mol. The molecule has 1 atom stereocenters. The average Bonchev–Trinajstić information content (AvgIpc) is 3.23. The van der Waals surface area contributed by atoms with Gasteiger partial charge < -0.3 is 4.90 Å². The van der Waals surface area contributed by atoms with Gasteiger partial charge in [0, 0.05) is 30.0 Å². The van der Waals surface area contributed by atoms with E-state index in [0.29, 0.717) is 29.1 Å². The molecule has 1 aromatic heterocycles. The van der Waals surface area contributed by atoms with Crippen molar-refractivity contribution < 1.29 is 14.4 Å². The molecule has 3 aromatic rings. The van der Waals surface area contributed by atoms with Crippen molar-refractivity contribution in [2.24, 2.45) is 5.92 Å². The van der Waals surface area contributed by atoms with Gasteiger partial charge in [0.2, 0.25) is 0 Å². The number of hydrogen-bond acceptors (Lipinski definition) is 4. The quantitative estimate of drug-likeness (QED) is 0.598. The summed E-state index contributed by atoms with van der Waals surface area (Å²) in [6.45, 7) is 2.57. The summed E-state index contributed by atoms with van der Waals surface area (Å²) >= 11 is 1.29. The Kier molecular flexibility index (Phi) is 5.09. The molecule has 5 heteroatoms. The Balaban J connectivity index is 1.51. The molecular formula is C23H21NO3S. The lowest BCUT2D eigenvalue weighted by atomic mass is 9.89. The van der Waals surface area contributed by atoms with Crippen LogP contribution in [-0.2, 0) is 0 Å². The number of fused-ring (bicyclic) bond motifs is 1. The molecule has 0 aliphatic carbocycles. The Morgan fingerprint density at radius 3 is 2.54 bits per heavy atom. The zero-order valence-electron chi connectivity index (χ0n) is 15.7. The second-order valence-corrected chi connectivity index (χ2v) is 8.18. The van der Waals surface area contributed by atoms with Crippen LogP contribution in [-0.4, -0.2) is 35.5 Å². The maximum absolute atomic E-state index is 13.1. The maximum Gasteiger partial charge on any atom is 0.254 e. The van der Waals surface area contributed by atoms with Crippen LogP contribution >= 0.6 is 11.3 Å². The number of amides is 1. The van der Waals surface area contributed by atoms with E-state index >= 15 is 0 Å². The summed E-state index contributed by atoms with van der Waals surface area (Å²) in [6.07, 6.45) is 1.59. The fourth-order valence-electron chi connectivity index (χ4n) is 3.77. The number of likely N-dealkylation sites (tertiary alicyclic amines) is 1. The van der Waals surface area contributed by atoms with E-state index in [-0.39, 0.29) is 23.4 Å². The molecule has 1 saturated heterocycles. The average molecular weight is 391 g/mol. The predicted octanol–water partition coefficient (Wildman–Crippen LogP) is 4.84. The van der Waals surface area contributed by atoms with Gasteiger partial charge in [0.25, 0.3) is 5.91 Å². The standard InChI is InChI=1S/C23H21NO3S/c1-15(25)21-12-20(14-28-21)23(27)24-10-4-7-19(13-24)22(26)18-9-8-16-5-2-3-6-17(16)11-18/h2-3,5-6,8-9,11-12,14,19H,4,7,10,13H2,1H3. The zero-order valence-corrected chi connectivity index (χ0v) is 16.5. The first-order valence-corrected chi connectivity index (χ1v) is 10.3. The SMILES string of the molecule is CC(=O)c1cc(C(=O)N2CCCC(C(=O)c3ccc4ccccc4c3)C2)cs1. The molecule has 2 heterocycles. The van der Waals surface area contributed by atoms with Gasteiger partial charge >= 0.3 is 0 Å². The third-order valence-electron chi connectivity index (χ3n) is 5.31. The summed E-state index contributed by atoms with van der Waals surface area (Å²) in [5, 5.41) is 3.89. The summed E-state index contributed by atoms with van der Waals surface area (Å²) in [6, 6.07) is 15.4. The van der Waals surface area contributed by atoms with Gasteiger partial charge in [-0.05, 0) is 42.7 Å². The Hall–Kier alpha value is -2.79. The molecule has 142 valence electrons. The van der Waals surface area contributed by atoms with Crippen molar-refractivity contribution in [3.05, 3.63) is 69.9 Å². The highest BCUT2D eigenvalue weighted by atomic mass is 32.1. The lowest BCUT2D eigenvalue weighted by Gasteiger charge is -2.32.